The second-order valence-electron chi connectivity index (χ2n) is 6.77. The van der Waals surface area contributed by atoms with Crippen molar-refractivity contribution in [3.05, 3.63) is 58.9 Å². The van der Waals surface area contributed by atoms with E-state index in [9.17, 15) is 4.79 Å². The summed E-state index contributed by atoms with van der Waals surface area (Å²) in [6, 6.07) is 7.78. The van der Waals surface area contributed by atoms with Gasteiger partial charge < -0.3 is 14.4 Å². The summed E-state index contributed by atoms with van der Waals surface area (Å²) in [6.45, 7) is 3.16. The molecule has 1 aliphatic carbocycles. The zero-order chi connectivity index (χ0) is 19.9. The van der Waals surface area contributed by atoms with Gasteiger partial charge in [-0.05, 0) is 54.7 Å². The summed E-state index contributed by atoms with van der Waals surface area (Å²) < 4.78 is 11.1. The van der Waals surface area contributed by atoms with Crippen molar-refractivity contribution in [2.75, 3.05) is 13.7 Å². The molecular weight excluding hydrogens is 376 g/mol. The van der Waals surface area contributed by atoms with Gasteiger partial charge >= 0.3 is 0 Å². The number of amides is 1. The van der Waals surface area contributed by atoms with Crippen molar-refractivity contribution in [1.82, 2.24) is 9.88 Å². The first-order chi connectivity index (χ1) is 13.6. The van der Waals surface area contributed by atoms with Gasteiger partial charge in [0.2, 0.25) is 5.91 Å². The summed E-state index contributed by atoms with van der Waals surface area (Å²) in [4.78, 5) is 18.8. The van der Waals surface area contributed by atoms with E-state index in [0.29, 0.717) is 35.7 Å². The van der Waals surface area contributed by atoms with E-state index in [4.69, 9.17) is 21.1 Å². The maximum absolute atomic E-state index is 12.8. The molecule has 1 aromatic heterocycles. The van der Waals surface area contributed by atoms with Crippen molar-refractivity contribution < 1.29 is 14.3 Å². The number of hydrogen-bond acceptors (Lipinski definition) is 4. The van der Waals surface area contributed by atoms with Gasteiger partial charge in [0.15, 0.2) is 11.5 Å². The molecule has 0 unspecified atom stereocenters. The lowest BCUT2D eigenvalue weighted by Gasteiger charge is -2.20. The largest absolute Gasteiger partial charge is 0.493 e. The Balaban J connectivity index is 1.74. The SMILES string of the molecule is CCCOc1c(Cl)cc(/C=C/C(=O)N(Cc2cccnc2)C2CC2)cc1OC. The number of rotatable bonds is 9. The Hall–Kier alpha value is -2.53. The Morgan fingerprint density at radius 3 is 2.86 bits per heavy atom. The molecule has 0 spiro atoms. The smallest absolute Gasteiger partial charge is 0.247 e. The number of halogens is 1. The first kappa shape index (κ1) is 20.2. The second-order valence-corrected chi connectivity index (χ2v) is 7.18. The minimum Gasteiger partial charge on any atom is -0.493 e. The van der Waals surface area contributed by atoms with Crippen molar-refractivity contribution in [3.63, 3.8) is 0 Å². The monoisotopic (exact) mass is 400 g/mol. The summed E-state index contributed by atoms with van der Waals surface area (Å²) in [7, 11) is 1.58. The number of carbonyl (C=O) groups is 1. The first-order valence-electron chi connectivity index (χ1n) is 9.50. The first-order valence-corrected chi connectivity index (χ1v) is 9.88. The van der Waals surface area contributed by atoms with Gasteiger partial charge in [0.25, 0.3) is 0 Å². The van der Waals surface area contributed by atoms with E-state index >= 15 is 0 Å². The summed E-state index contributed by atoms with van der Waals surface area (Å²) in [5, 5.41) is 0.467. The van der Waals surface area contributed by atoms with Crippen LogP contribution in [0, 0.1) is 0 Å². The predicted molar refractivity (Wildman–Crippen MR) is 111 cm³/mol. The van der Waals surface area contributed by atoms with E-state index in [1.54, 1.807) is 37.7 Å². The van der Waals surface area contributed by atoms with Gasteiger partial charge in [0, 0.05) is 31.1 Å². The van der Waals surface area contributed by atoms with E-state index in [-0.39, 0.29) is 5.91 Å². The van der Waals surface area contributed by atoms with Gasteiger partial charge in [-0.2, -0.15) is 0 Å². The Morgan fingerprint density at radius 2 is 2.21 bits per heavy atom. The lowest BCUT2D eigenvalue weighted by atomic mass is 10.1. The Bertz CT molecular complexity index is 835. The summed E-state index contributed by atoms with van der Waals surface area (Å²) >= 11 is 6.35. The molecular formula is C22H25ClN2O3. The fourth-order valence-electron chi connectivity index (χ4n) is 2.90. The molecule has 1 saturated carbocycles. The van der Waals surface area contributed by atoms with Gasteiger partial charge in [-0.25, -0.2) is 0 Å². The van der Waals surface area contributed by atoms with E-state index in [2.05, 4.69) is 4.98 Å². The number of aromatic nitrogens is 1. The van der Waals surface area contributed by atoms with Crippen molar-refractivity contribution in [2.45, 2.75) is 38.8 Å². The van der Waals surface area contributed by atoms with Gasteiger partial charge in [0.1, 0.15) is 0 Å². The molecule has 1 heterocycles. The van der Waals surface area contributed by atoms with E-state index in [1.165, 1.54) is 0 Å². The Morgan fingerprint density at radius 1 is 1.39 bits per heavy atom. The molecule has 5 nitrogen and oxygen atoms in total. The average Bonchev–Trinajstić information content (AvgIpc) is 3.55. The molecule has 6 heteroatoms. The third-order valence-corrected chi connectivity index (χ3v) is 4.75. The molecule has 1 fully saturated rings. The van der Waals surface area contributed by atoms with Gasteiger partial charge in [-0.1, -0.05) is 24.6 Å². The fourth-order valence-corrected chi connectivity index (χ4v) is 3.18. The van der Waals surface area contributed by atoms with Crippen LogP contribution in [0.1, 0.15) is 37.3 Å². The Kier molecular flexibility index (Phi) is 6.93. The molecule has 0 N–H and O–H groups in total. The zero-order valence-electron chi connectivity index (χ0n) is 16.2. The third-order valence-electron chi connectivity index (χ3n) is 4.47. The average molecular weight is 401 g/mol. The van der Waals surface area contributed by atoms with E-state index < -0.39 is 0 Å². The molecule has 0 radical (unpaired) electrons. The number of nitrogens with zero attached hydrogens (tertiary/aromatic N) is 2. The summed E-state index contributed by atoms with van der Waals surface area (Å²) in [5.41, 5.74) is 1.81. The van der Waals surface area contributed by atoms with Crippen LogP contribution in [0.4, 0.5) is 0 Å². The lowest BCUT2D eigenvalue weighted by Crippen LogP contribution is -2.31. The molecule has 0 atom stereocenters. The molecule has 1 amide bonds. The van der Waals surface area contributed by atoms with Gasteiger partial charge in [-0.15, -0.1) is 0 Å². The third kappa shape index (κ3) is 5.26. The summed E-state index contributed by atoms with van der Waals surface area (Å²) in [6.07, 6.45) is 9.85. The van der Waals surface area contributed by atoms with Crippen LogP contribution in [0.5, 0.6) is 11.5 Å². The molecule has 3 rings (SSSR count). The van der Waals surface area contributed by atoms with Crippen LogP contribution >= 0.6 is 11.6 Å². The molecule has 1 aliphatic rings. The quantitative estimate of drug-likeness (QED) is 0.570. The van der Waals surface area contributed by atoms with Crippen LogP contribution in [0.3, 0.4) is 0 Å². The number of hydrogen-bond donors (Lipinski definition) is 0. The highest BCUT2D eigenvalue weighted by atomic mass is 35.5. The molecule has 148 valence electrons. The van der Waals surface area contributed by atoms with Crippen molar-refractivity contribution in [2.24, 2.45) is 0 Å². The number of methoxy groups -OCH3 is 1. The molecule has 2 aromatic rings. The zero-order valence-corrected chi connectivity index (χ0v) is 17.0. The topological polar surface area (TPSA) is 51.7 Å². The van der Waals surface area contributed by atoms with Crippen molar-refractivity contribution >= 4 is 23.6 Å². The summed E-state index contributed by atoms with van der Waals surface area (Å²) in [5.74, 6) is 1.07. The second kappa shape index (κ2) is 9.60. The standard InChI is InChI=1S/C22H25ClN2O3/c1-3-11-28-22-19(23)12-16(13-20(22)27-2)6-9-21(26)25(18-7-8-18)15-17-5-4-10-24-14-17/h4-6,9-10,12-14,18H,3,7-8,11,15H2,1-2H3/b9-6+. The Labute approximate surface area is 170 Å². The highest BCUT2D eigenvalue weighted by Crippen LogP contribution is 2.37. The van der Waals surface area contributed by atoms with Crippen LogP contribution in [-0.2, 0) is 11.3 Å². The van der Waals surface area contributed by atoms with Crippen LogP contribution in [0.25, 0.3) is 6.08 Å². The highest BCUT2D eigenvalue weighted by molar-refractivity contribution is 6.32. The molecule has 0 bridgehead atoms. The number of ether oxygens (including phenoxy) is 2. The highest BCUT2D eigenvalue weighted by Gasteiger charge is 2.31. The van der Waals surface area contributed by atoms with Gasteiger partial charge in [0.05, 0.1) is 18.7 Å². The van der Waals surface area contributed by atoms with Crippen LogP contribution in [-0.4, -0.2) is 35.5 Å². The van der Waals surface area contributed by atoms with Gasteiger partial charge in [-0.3, -0.25) is 9.78 Å². The van der Waals surface area contributed by atoms with E-state index in [1.807, 2.05) is 30.0 Å². The maximum Gasteiger partial charge on any atom is 0.247 e. The fraction of sp³-hybridized carbons (Fsp3) is 0.364. The lowest BCUT2D eigenvalue weighted by molar-refractivity contribution is -0.127. The number of benzene rings is 1. The van der Waals surface area contributed by atoms with Crippen molar-refractivity contribution in [1.29, 1.82) is 0 Å². The van der Waals surface area contributed by atoms with E-state index in [0.717, 1.165) is 30.4 Å². The minimum atomic E-state index is -0.0206. The number of carbonyl (C=O) groups excluding carboxylic acids is 1. The van der Waals surface area contributed by atoms with Crippen molar-refractivity contribution in [3.8, 4) is 11.5 Å². The minimum absolute atomic E-state index is 0.0206. The molecule has 0 aliphatic heterocycles. The number of pyridine rings is 1. The molecule has 1 aromatic carbocycles. The van der Waals surface area contributed by atoms with Crippen LogP contribution < -0.4 is 9.47 Å². The molecule has 28 heavy (non-hydrogen) atoms. The van der Waals surface area contributed by atoms with Crippen LogP contribution in [0.2, 0.25) is 5.02 Å². The normalized spacial score (nSPS) is 13.5. The van der Waals surface area contributed by atoms with Crippen LogP contribution in [0.15, 0.2) is 42.7 Å². The molecule has 0 saturated heterocycles. The predicted octanol–water partition coefficient (Wildman–Crippen LogP) is 4.74. The maximum atomic E-state index is 12.8.